The van der Waals surface area contributed by atoms with Crippen LogP contribution in [-0.4, -0.2) is 31.9 Å². The summed E-state index contributed by atoms with van der Waals surface area (Å²) in [7, 11) is 2.15. The summed E-state index contributed by atoms with van der Waals surface area (Å²) in [6, 6.07) is 8.66. The average molecular weight is 297 g/mol. The van der Waals surface area contributed by atoms with Crippen LogP contribution in [0.25, 0.3) is 5.03 Å². The molecule has 6 heteroatoms. The lowest BCUT2D eigenvalue weighted by atomic mass is 10.0. The van der Waals surface area contributed by atoms with E-state index in [4.69, 9.17) is 11.6 Å². The van der Waals surface area contributed by atoms with Crippen molar-refractivity contribution in [3.05, 3.63) is 42.0 Å². The molecular weight excluding hydrogens is 284 g/mol. The first-order chi connectivity index (χ1) is 9.51. The van der Waals surface area contributed by atoms with E-state index in [9.17, 15) is 14.4 Å². The molecule has 0 aliphatic carbocycles. The standard InChI is InChI=1S/C14H13ClO5/c1-19-13(17)12(14(18)20-2)11(16)8-10(15)9-6-4-3-5-7-9/h3-8,12H,1-2H3/b10-8+. The molecule has 0 saturated heterocycles. The summed E-state index contributed by atoms with van der Waals surface area (Å²) in [6.07, 6.45) is 1.01. The van der Waals surface area contributed by atoms with Gasteiger partial charge in [0.2, 0.25) is 5.92 Å². The third kappa shape index (κ3) is 3.93. The topological polar surface area (TPSA) is 69.7 Å². The molecular formula is C14H13ClO5. The summed E-state index contributed by atoms with van der Waals surface area (Å²) in [5.74, 6) is -4.44. The average Bonchev–Trinajstić information content (AvgIpc) is 2.47. The van der Waals surface area contributed by atoms with Crippen molar-refractivity contribution in [3.8, 4) is 0 Å². The van der Waals surface area contributed by atoms with Crippen LogP contribution in [0.5, 0.6) is 0 Å². The highest BCUT2D eigenvalue weighted by Gasteiger charge is 2.35. The number of benzene rings is 1. The number of carbonyl (C=O) groups excluding carboxylic acids is 3. The van der Waals surface area contributed by atoms with Crippen molar-refractivity contribution in [2.45, 2.75) is 0 Å². The summed E-state index contributed by atoms with van der Waals surface area (Å²) in [4.78, 5) is 34.9. The molecule has 0 saturated carbocycles. The summed E-state index contributed by atoms with van der Waals surface area (Å²) in [5, 5.41) is 0.119. The summed E-state index contributed by atoms with van der Waals surface area (Å²) >= 11 is 5.98. The first-order valence-electron chi connectivity index (χ1n) is 5.63. The van der Waals surface area contributed by atoms with Crippen molar-refractivity contribution < 1.29 is 23.9 Å². The van der Waals surface area contributed by atoms with Crippen LogP contribution in [0.3, 0.4) is 0 Å². The van der Waals surface area contributed by atoms with Gasteiger partial charge in [-0.3, -0.25) is 14.4 Å². The number of halogens is 1. The van der Waals surface area contributed by atoms with Gasteiger partial charge in [0.05, 0.1) is 19.3 Å². The molecule has 106 valence electrons. The van der Waals surface area contributed by atoms with Crippen molar-refractivity contribution in [2.24, 2.45) is 5.92 Å². The Kier molecular flexibility index (Phi) is 5.93. The van der Waals surface area contributed by atoms with Crippen LogP contribution in [-0.2, 0) is 23.9 Å². The molecule has 0 spiro atoms. The molecule has 20 heavy (non-hydrogen) atoms. The summed E-state index contributed by atoms with van der Waals surface area (Å²) in [5.41, 5.74) is 0.594. The van der Waals surface area contributed by atoms with Gasteiger partial charge in [-0.05, 0) is 5.56 Å². The minimum Gasteiger partial charge on any atom is -0.468 e. The molecule has 1 rings (SSSR count). The predicted molar refractivity (Wildman–Crippen MR) is 72.8 cm³/mol. The maximum atomic E-state index is 12.0. The van der Waals surface area contributed by atoms with E-state index in [0.29, 0.717) is 5.56 Å². The molecule has 0 aliphatic rings. The van der Waals surface area contributed by atoms with Crippen LogP contribution in [0.1, 0.15) is 5.56 Å². The second-order valence-corrected chi connectivity index (χ2v) is 4.15. The van der Waals surface area contributed by atoms with Gasteiger partial charge < -0.3 is 9.47 Å². The maximum absolute atomic E-state index is 12.0. The fraction of sp³-hybridized carbons (Fsp3) is 0.214. The number of carbonyl (C=O) groups is 3. The Bertz CT molecular complexity index is 520. The highest BCUT2D eigenvalue weighted by atomic mass is 35.5. The monoisotopic (exact) mass is 296 g/mol. The molecule has 0 N–H and O–H groups in total. The minimum atomic E-state index is -1.66. The molecule has 5 nitrogen and oxygen atoms in total. The number of allylic oxidation sites excluding steroid dienone is 1. The lowest BCUT2D eigenvalue weighted by Gasteiger charge is -2.09. The van der Waals surface area contributed by atoms with E-state index in [-0.39, 0.29) is 5.03 Å². The van der Waals surface area contributed by atoms with Crippen LogP contribution >= 0.6 is 11.6 Å². The smallest absolute Gasteiger partial charge is 0.328 e. The van der Waals surface area contributed by atoms with Gasteiger partial charge in [0.25, 0.3) is 0 Å². The van der Waals surface area contributed by atoms with Gasteiger partial charge in [-0.2, -0.15) is 0 Å². The zero-order valence-electron chi connectivity index (χ0n) is 11.0. The second-order valence-electron chi connectivity index (χ2n) is 3.74. The molecule has 0 amide bonds. The molecule has 0 unspecified atom stereocenters. The Morgan fingerprint density at radius 3 is 2.00 bits per heavy atom. The maximum Gasteiger partial charge on any atom is 0.328 e. The second kappa shape index (κ2) is 7.45. The number of hydrogen-bond donors (Lipinski definition) is 0. The fourth-order valence-corrected chi connectivity index (χ4v) is 1.69. The third-order valence-electron chi connectivity index (χ3n) is 2.48. The lowest BCUT2D eigenvalue weighted by Crippen LogP contribution is -2.32. The zero-order chi connectivity index (χ0) is 15.1. The quantitative estimate of drug-likeness (QED) is 0.471. The van der Waals surface area contributed by atoms with Crippen LogP contribution in [0.15, 0.2) is 36.4 Å². The van der Waals surface area contributed by atoms with E-state index in [2.05, 4.69) is 9.47 Å². The van der Waals surface area contributed by atoms with Gasteiger partial charge in [-0.15, -0.1) is 0 Å². The highest BCUT2D eigenvalue weighted by Crippen LogP contribution is 2.19. The van der Waals surface area contributed by atoms with Gasteiger partial charge >= 0.3 is 11.9 Å². The third-order valence-corrected chi connectivity index (χ3v) is 2.80. The highest BCUT2D eigenvalue weighted by molar-refractivity contribution is 6.50. The molecule has 0 atom stereocenters. The first-order valence-corrected chi connectivity index (χ1v) is 6.01. The Balaban J connectivity index is 3.02. The SMILES string of the molecule is COC(=O)C(C(=O)/C=C(/Cl)c1ccccc1)C(=O)OC. The molecule has 0 fully saturated rings. The van der Waals surface area contributed by atoms with E-state index >= 15 is 0 Å². The molecule has 0 aromatic heterocycles. The van der Waals surface area contributed by atoms with Crippen LogP contribution in [0.2, 0.25) is 0 Å². The molecule has 1 aromatic carbocycles. The molecule has 0 heterocycles. The Labute approximate surface area is 121 Å². The van der Waals surface area contributed by atoms with Crippen molar-refractivity contribution in [3.63, 3.8) is 0 Å². The van der Waals surface area contributed by atoms with Gasteiger partial charge in [0, 0.05) is 6.08 Å². The summed E-state index contributed by atoms with van der Waals surface area (Å²) < 4.78 is 8.82. The van der Waals surface area contributed by atoms with Crippen molar-refractivity contribution in [2.75, 3.05) is 14.2 Å². The van der Waals surface area contributed by atoms with Gasteiger partial charge in [-0.1, -0.05) is 41.9 Å². The molecule has 0 aliphatic heterocycles. The number of ketones is 1. The van der Waals surface area contributed by atoms with Crippen LogP contribution < -0.4 is 0 Å². The number of ether oxygens (including phenoxy) is 2. The van der Waals surface area contributed by atoms with E-state index in [0.717, 1.165) is 20.3 Å². The van der Waals surface area contributed by atoms with E-state index in [1.165, 1.54) is 0 Å². The predicted octanol–water partition coefficient (Wildman–Crippen LogP) is 1.80. The van der Waals surface area contributed by atoms with Crippen molar-refractivity contribution in [1.29, 1.82) is 0 Å². The van der Waals surface area contributed by atoms with Gasteiger partial charge in [-0.25, -0.2) is 0 Å². The Hall–Kier alpha value is -2.14. The lowest BCUT2D eigenvalue weighted by molar-refractivity contribution is -0.160. The fourth-order valence-electron chi connectivity index (χ4n) is 1.45. The number of esters is 2. The van der Waals surface area contributed by atoms with Crippen molar-refractivity contribution in [1.82, 2.24) is 0 Å². The minimum absolute atomic E-state index is 0.119. The zero-order valence-corrected chi connectivity index (χ0v) is 11.7. The number of hydrogen-bond acceptors (Lipinski definition) is 5. The Morgan fingerprint density at radius 1 is 1.05 bits per heavy atom. The van der Waals surface area contributed by atoms with E-state index in [1.54, 1.807) is 30.3 Å². The van der Waals surface area contributed by atoms with E-state index in [1.807, 2.05) is 0 Å². The normalized spacial score (nSPS) is 11.1. The molecule has 0 radical (unpaired) electrons. The largest absolute Gasteiger partial charge is 0.468 e. The Morgan fingerprint density at radius 2 is 1.55 bits per heavy atom. The van der Waals surface area contributed by atoms with Crippen molar-refractivity contribution >= 4 is 34.4 Å². The molecule has 0 bridgehead atoms. The first kappa shape index (κ1) is 15.9. The van der Waals surface area contributed by atoms with E-state index < -0.39 is 23.6 Å². The molecule has 1 aromatic rings. The van der Waals surface area contributed by atoms with Gasteiger partial charge in [0.15, 0.2) is 5.78 Å². The van der Waals surface area contributed by atoms with Crippen LogP contribution in [0.4, 0.5) is 0 Å². The van der Waals surface area contributed by atoms with Gasteiger partial charge in [0.1, 0.15) is 0 Å². The summed E-state index contributed by atoms with van der Waals surface area (Å²) in [6.45, 7) is 0. The number of methoxy groups -OCH3 is 2. The van der Waals surface area contributed by atoms with Crippen LogP contribution in [0, 0.1) is 5.92 Å². The number of rotatable bonds is 5.